The van der Waals surface area contributed by atoms with Crippen molar-refractivity contribution in [2.24, 2.45) is 0 Å². The second kappa shape index (κ2) is 8.00. The molecule has 0 radical (unpaired) electrons. The van der Waals surface area contributed by atoms with Gasteiger partial charge >= 0.3 is 12.0 Å². The second-order valence-electron chi connectivity index (χ2n) is 2.70. The maximum Gasteiger partial charge on any atom is 0.326 e. The molecule has 2 amide bonds. The van der Waals surface area contributed by atoms with E-state index < -0.39 is 18.0 Å². The molecule has 0 heterocycles. The van der Waals surface area contributed by atoms with Gasteiger partial charge in [-0.25, -0.2) is 9.59 Å². The topological polar surface area (TPSA) is 78.4 Å². The summed E-state index contributed by atoms with van der Waals surface area (Å²) in [5, 5.41) is 13.4. The van der Waals surface area contributed by atoms with E-state index in [1.165, 1.54) is 11.8 Å². The molecular weight excluding hydrogens is 216 g/mol. The zero-order chi connectivity index (χ0) is 11.7. The van der Waals surface area contributed by atoms with E-state index in [1.807, 2.05) is 6.26 Å². The molecular formula is C9H14N2O3S. The number of nitrogens with one attached hydrogen (secondary N) is 2. The summed E-state index contributed by atoms with van der Waals surface area (Å²) < 4.78 is 0. The van der Waals surface area contributed by atoms with Crippen LogP contribution in [-0.2, 0) is 4.79 Å². The highest BCUT2D eigenvalue weighted by molar-refractivity contribution is 7.98. The largest absolute Gasteiger partial charge is 0.480 e. The van der Waals surface area contributed by atoms with Crippen LogP contribution in [0.15, 0.2) is 0 Å². The van der Waals surface area contributed by atoms with Crippen molar-refractivity contribution in [2.45, 2.75) is 12.5 Å². The smallest absolute Gasteiger partial charge is 0.326 e. The highest BCUT2D eigenvalue weighted by Crippen LogP contribution is 2.00. The first kappa shape index (κ1) is 13.7. The molecule has 0 aromatic carbocycles. The Morgan fingerprint density at radius 1 is 1.60 bits per heavy atom. The van der Waals surface area contributed by atoms with Gasteiger partial charge < -0.3 is 15.7 Å². The van der Waals surface area contributed by atoms with Gasteiger partial charge in [0, 0.05) is 0 Å². The van der Waals surface area contributed by atoms with Crippen molar-refractivity contribution >= 4 is 23.8 Å². The van der Waals surface area contributed by atoms with E-state index in [4.69, 9.17) is 11.5 Å². The predicted octanol–water partition coefficient (Wildman–Crippen LogP) is 0.125. The van der Waals surface area contributed by atoms with Crippen molar-refractivity contribution in [2.75, 3.05) is 18.6 Å². The monoisotopic (exact) mass is 230 g/mol. The van der Waals surface area contributed by atoms with E-state index >= 15 is 0 Å². The van der Waals surface area contributed by atoms with Crippen molar-refractivity contribution in [3.63, 3.8) is 0 Å². The summed E-state index contributed by atoms with van der Waals surface area (Å²) >= 11 is 1.52. The maximum atomic E-state index is 11.1. The van der Waals surface area contributed by atoms with Gasteiger partial charge in [-0.3, -0.25) is 0 Å². The molecule has 0 bridgehead atoms. The van der Waals surface area contributed by atoms with Crippen LogP contribution in [0.5, 0.6) is 0 Å². The Bertz CT molecular complexity index is 263. The fourth-order valence-electron chi connectivity index (χ4n) is 0.834. The normalized spacial score (nSPS) is 11.2. The number of terminal acetylenes is 1. The number of carbonyl (C=O) groups excluding carboxylic acids is 1. The van der Waals surface area contributed by atoms with E-state index in [2.05, 4.69) is 16.6 Å². The first-order valence-corrected chi connectivity index (χ1v) is 5.70. The number of hydrogen-bond donors (Lipinski definition) is 3. The molecule has 0 fully saturated rings. The molecule has 0 aliphatic heterocycles. The first-order valence-electron chi connectivity index (χ1n) is 4.31. The number of carboxylic acid groups (broad SMARTS) is 1. The minimum Gasteiger partial charge on any atom is -0.480 e. The molecule has 0 spiro atoms. The van der Waals surface area contributed by atoms with Crippen LogP contribution in [0.25, 0.3) is 0 Å². The van der Waals surface area contributed by atoms with Crippen LogP contribution < -0.4 is 10.6 Å². The Labute approximate surface area is 93.0 Å². The highest BCUT2D eigenvalue weighted by atomic mass is 32.2. The number of carbonyl (C=O) groups is 2. The SMILES string of the molecule is C#CCNC(=O)N[C@@H](CCSC)C(=O)O. The summed E-state index contributed by atoms with van der Waals surface area (Å²) in [6.07, 6.45) is 7.20. The van der Waals surface area contributed by atoms with Crippen LogP contribution in [0.3, 0.4) is 0 Å². The predicted molar refractivity (Wildman–Crippen MR) is 59.8 cm³/mol. The van der Waals surface area contributed by atoms with Crippen LogP contribution in [0.2, 0.25) is 0 Å². The van der Waals surface area contributed by atoms with Crippen molar-refractivity contribution in [1.82, 2.24) is 10.6 Å². The molecule has 84 valence electrons. The summed E-state index contributed by atoms with van der Waals surface area (Å²) in [6.45, 7) is 0.0840. The molecule has 15 heavy (non-hydrogen) atoms. The molecule has 3 N–H and O–H groups in total. The lowest BCUT2D eigenvalue weighted by Gasteiger charge is -2.13. The Kier molecular flexibility index (Phi) is 7.28. The van der Waals surface area contributed by atoms with E-state index in [9.17, 15) is 9.59 Å². The lowest BCUT2D eigenvalue weighted by Crippen LogP contribution is -2.46. The third-order valence-corrected chi connectivity index (χ3v) is 2.21. The van der Waals surface area contributed by atoms with Gasteiger partial charge in [-0.05, 0) is 18.4 Å². The molecule has 1 atom stereocenters. The molecule has 0 rings (SSSR count). The summed E-state index contributed by atoms with van der Waals surface area (Å²) in [5.74, 6) is 1.85. The van der Waals surface area contributed by atoms with Gasteiger partial charge in [0.2, 0.25) is 0 Å². The van der Waals surface area contributed by atoms with Crippen molar-refractivity contribution in [3.05, 3.63) is 0 Å². The minimum absolute atomic E-state index is 0.0840. The first-order chi connectivity index (χ1) is 7.11. The van der Waals surface area contributed by atoms with Crippen LogP contribution in [-0.4, -0.2) is 41.7 Å². The summed E-state index contributed by atoms with van der Waals surface area (Å²) in [7, 11) is 0. The molecule has 0 saturated heterocycles. The molecule has 0 unspecified atom stereocenters. The highest BCUT2D eigenvalue weighted by Gasteiger charge is 2.18. The van der Waals surface area contributed by atoms with Crippen LogP contribution in [0.4, 0.5) is 4.79 Å². The molecule has 0 aromatic rings. The lowest BCUT2D eigenvalue weighted by molar-refractivity contribution is -0.139. The number of hydrogen-bond acceptors (Lipinski definition) is 3. The van der Waals surface area contributed by atoms with E-state index in [1.54, 1.807) is 0 Å². The van der Waals surface area contributed by atoms with Gasteiger partial charge in [-0.15, -0.1) is 6.42 Å². The van der Waals surface area contributed by atoms with Gasteiger partial charge in [0.15, 0.2) is 0 Å². The third-order valence-electron chi connectivity index (χ3n) is 1.57. The summed E-state index contributed by atoms with van der Waals surface area (Å²) in [4.78, 5) is 21.8. The van der Waals surface area contributed by atoms with Crippen LogP contribution in [0.1, 0.15) is 6.42 Å². The number of amides is 2. The van der Waals surface area contributed by atoms with Gasteiger partial charge in [-0.2, -0.15) is 11.8 Å². The molecule has 6 heteroatoms. The van der Waals surface area contributed by atoms with Crippen LogP contribution in [0, 0.1) is 12.3 Å². The zero-order valence-electron chi connectivity index (χ0n) is 8.45. The minimum atomic E-state index is -1.04. The number of thioether (sulfide) groups is 1. The zero-order valence-corrected chi connectivity index (χ0v) is 9.26. The van der Waals surface area contributed by atoms with Gasteiger partial charge in [0.05, 0.1) is 6.54 Å². The average molecular weight is 230 g/mol. The van der Waals surface area contributed by atoms with Gasteiger partial charge in [0.25, 0.3) is 0 Å². The Balaban J connectivity index is 3.99. The van der Waals surface area contributed by atoms with Gasteiger partial charge in [-0.1, -0.05) is 5.92 Å². The Morgan fingerprint density at radius 3 is 2.73 bits per heavy atom. The summed E-state index contributed by atoms with van der Waals surface area (Å²) in [5.41, 5.74) is 0. The fourth-order valence-corrected chi connectivity index (χ4v) is 1.31. The molecule has 0 aliphatic rings. The molecule has 0 saturated carbocycles. The van der Waals surface area contributed by atoms with Crippen molar-refractivity contribution < 1.29 is 14.7 Å². The summed E-state index contributed by atoms with van der Waals surface area (Å²) in [6, 6.07) is -1.42. The quantitative estimate of drug-likeness (QED) is 0.567. The number of rotatable bonds is 6. The molecule has 0 aromatic heterocycles. The van der Waals surface area contributed by atoms with E-state index in [0.717, 1.165) is 0 Å². The van der Waals surface area contributed by atoms with Crippen molar-refractivity contribution in [3.8, 4) is 12.3 Å². The molecule has 0 aliphatic carbocycles. The Hall–Kier alpha value is -1.35. The number of carboxylic acids is 1. The number of aliphatic carboxylic acids is 1. The average Bonchev–Trinajstić information content (AvgIpc) is 2.20. The van der Waals surface area contributed by atoms with E-state index in [-0.39, 0.29) is 6.54 Å². The molecule has 5 nitrogen and oxygen atoms in total. The third kappa shape index (κ3) is 6.69. The second-order valence-corrected chi connectivity index (χ2v) is 3.69. The van der Waals surface area contributed by atoms with Crippen molar-refractivity contribution in [1.29, 1.82) is 0 Å². The fraction of sp³-hybridized carbons (Fsp3) is 0.556. The lowest BCUT2D eigenvalue weighted by atomic mass is 10.2. The van der Waals surface area contributed by atoms with E-state index in [0.29, 0.717) is 12.2 Å². The number of urea groups is 1. The maximum absolute atomic E-state index is 11.1. The van der Waals surface area contributed by atoms with Crippen LogP contribution >= 0.6 is 11.8 Å². The standard InChI is InChI=1S/C9H14N2O3S/c1-3-5-10-9(14)11-7(8(12)13)4-6-15-2/h1,7H,4-6H2,2H3,(H,12,13)(H2,10,11,14)/t7-/m0/s1. The Morgan fingerprint density at radius 2 is 2.27 bits per heavy atom. The van der Waals surface area contributed by atoms with Gasteiger partial charge in [0.1, 0.15) is 6.04 Å².